The standard InChI is InChI=1S/C17H17ClN4O4/c18-16-19-5-4-13(20-16)12-3-1-2-11(8-12)9-21-6-7-22(17(25)26)10-14(21)15(23)24/h1-5,8,14H,6-7,9-10H2,(H,23,24)(H,25,26). The van der Waals surface area contributed by atoms with E-state index in [9.17, 15) is 14.7 Å². The van der Waals surface area contributed by atoms with Crippen molar-refractivity contribution in [3.05, 3.63) is 47.4 Å². The van der Waals surface area contributed by atoms with Crippen molar-refractivity contribution >= 4 is 23.7 Å². The van der Waals surface area contributed by atoms with E-state index < -0.39 is 18.1 Å². The predicted octanol–water partition coefficient (Wildman–Crippen LogP) is 2.05. The second kappa shape index (κ2) is 7.67. The van der Waals surface area contributed by atoms with Gasteiger partial charge in [0.15, 0.2) is 0 Å². The molecular weight excluding hydrogens is 360 g/mol. The Morgan fingerprint density at radius 2 is 2.04 bits per heavy atom. The second-order valence-corrected chi connectivity index (χ2v) is 6.30. The van der Waals surface area contributed by atoms with Crippen LogP contribution >= 0.6 is 11.6 Å². The summed E-state index contributed by atoms with van der Waals surface area (Å²) in [6.07, 6.45) is 0.474. The van der Waals surface area contributed by atoms with Crippen molar-refractivity contribution in [3.8, 4) is 11.3 Å². The molecule has 1 aliphatic heterocycles. The SMILES string of the molecule is O=C(O)C1CN(C(=O)O)CCN1Cc1cccc(-c2ccnc(Cl)n2)c1. The number of aliphatic carboxylic acids is 1. The quantitative estimate of drug-likeness (QED) is 0.786. The van der Waals surface area contributed by atoms with E-state index in [2.05, 4.69) is 9.97 Å². The highest BCUT2D eigenvalue weighted by Gasteiger charge is 2.34. The minimum atomic E-state index is -1.10. The van der Waals surface area contributed by atoms with Gasteiger partial charge in [0.05, 0.1) is 12.2 Å². The van der Waals surface area contributed by atoms with Crippen LogP contribution in [0.1, 0.15) is 5.56 Å². The zero-order valence-corrected chi connectivity index (χ0v) is 14.5. The largest absolute Gasteiger partial charge is 0.480 e. The van der Waals surface area contributed by atoms with Crippen LogP contribution in [0.4, 0.5) is 4.79 Å². The minimum absolute atomic E-state index is 0.0497. The smallest absolute Gasteiger partial charge is 0.407 e. The fourth-order valence-electron chi connectivity index (χ4n) is 2.98. The van der Waals surface area contributed by atoms with Crippen LogP contribution in [-0.2, 0) is 11.3 Å². The van der Waals surface area contributed by atoms with Crippen LogP contribution < -0.4 is 0 Å². The van der Waals surface area contributed by atoms with Crippen molar-refractivity contribution < 1.29 is 19.8 Å². The molecule has 0 bridgehead atoms. The minimum Gasteiger partial charge on any atom is -0.480 e. The maximum absolute atomic E-state index is 11.6. The van der Waals surface area contributed by atoms with Crippen molar-refractivity contribution in [2.45, 2.75) is 12.6 Å². The monoisotopic (exact) mass is 376 g/mol. The van der Waals surface area contributed by atoms with Gasteiger partial charge in [-0.15, -0.1) is 0 Å². The third-order valence-corrected chi connectivity index (χ3v) is 4.46. The number of benzene rings is 1. The molecule has 1 aromatic heterocycles. The van der Waals surface area contributed by atoms with Gasteiger partial charge in [-0.25, -0.2) is 14.8 Å². The Hall–Kier alpha value is -2.71. The summed E-state index contributed by atoms with van der Waals surface area (Å²) in [5.74, 6) is -1.03. The lowest BCUT2D eigenvalue weighted by Gasteiger charge is -2.38. The Morgan fingerprint density at radius 1 is 1.23 bits per heavy atom. The predicted molar refractivity (Wildman–Crippen MR) is 93.9 cm³/mol. The molecule has 1 aromatic carbocycles. The lowest BCUT2D eigenvalue weighted by Crippen LogP contribution is -2.57. The number of carboxylic acid groups (broad SMARTS) is 2. The molecule has 1 aliphatic rings. The van der Waals surface area contributed by atoms with E-state index in [1.165, 1.54) is 0 Å². The average Bonchev–Trinajstić information content (AvgIpc) is 2.62. The van der Waals surface area contributed by atoms with E-state index in [1.54, 1.807) is 17.2 Å². The van der Waals surface area contributed by atoms with E-state index in [4.69, 9.17) is 16.7 Å². The van der Waals surface area contributed by atoms with Gasteiger partial charge in [0, 0.05) is 31.4 Å². The summed E-state index contributed by atoms with van der Waals surface area (Å²) >= 11 is 5.84. The summed E-state index contributed by atoms with van der Waals surface area (Å²) in [6, 6.07) is 8.44. The summed E-state index contributed by atoms with van der Waals surface area (Å²) < 4.78 is 0. The average molecular weight is 377 g/mol. The fourth-order valence-corrected chi connectivity index (χ4v) is 3.12. The molecule has 0 spiro atoms. The van der Waals surface area contributed by atoms with E-state index >= 15 is 0 Å². The Kier molecular flexibility index (Phi) is 5.34. The van der Waals surface area contributed by atoms with Crippen LogP contribution in [0.5, 0.6) is 0 Å². The molecule has 1 saturated heterocycles. The molecule has 0 aliphatic carbocycles. The Morgan fingerprint density at radius 3 is 2.73 bits per heavy atom. The van der Waals surface area contributed by atoms with Crippen molar-refractivity contribution in [1.82, 2.24) is 19.8 Å². The molecule has 1 amide bonds. The summed E-state index contributed by atoms with van der Waals surface area (Å²) in [4.78, 5) is 33.6. The van der Waals surface area contributed by atoms with Gasteiger partial charge in [-0.2, -0.15) is 0 Å². The van der Waals surface area contributed by atoms with Gasteiger partial charge >= 0.3 is 12.1 Å². The third kappa shape index (κ3) is 4.09. The van der Waals surface area contributed by atoms with Crippen molar-refractivity contribution in [2.75, 3.05) is 19.6 Å². The van der Waals surface area contributed by atoms with Crippen LogP contribution in [0.15, 0.2) is 36.5 Å². The highest BCUT2D eigenvalue weighted by Crippen LogP contribution is 2.21. The molecule has 136 valence electrons. The lowest BCUT2D eigenvalue weighted by molar-refractivity contribution is -0.145. The number of hydrogen-bond donors (Lipinski definition) is 2. The number of aromatic nitrogens is 2. The van der Waals surface area contributed by atoms with Crippen molar-refractivity contribution in [2.24, 2.45) is 0 Å². The number of halogens is 1. The normalized spacial score (nSPS) is 17.9. The molecule has 1 fully saturated rings. The molecule has 2 N–H and O–H groups in total. The van der Waals surface area contributed by atoms with Gasteiger partial charge < -0.3 is 15.1 Å². The lowest BCUT2D eigenvalue weighted by atomic mass is 10.1. The number of carbonyl (C=O) groups is 2. The maximum atomic E-state index is 11.6. The van der Waals surface area contributed by atoms with Gasteiger partial charge in [0.2, 0.25) is 5.28 Å². The van der Waals surface area contributed by atoms with Gasteiger partial charge in [0.1, 0.15) is 6.04 Å². The second-order valence-electron chi connectivity index (χ2n) is 5.96. The van der Waals surface area contributed by atoms with Gasteiger partial charge in [0.25, 0.3) is 0 Å². The highest BCUT2D eigenvalue weighted by molar-refractivity contribution is 6.28. The number of nitrogens with zero attached hydrogens (tertiary/aromatic N) is 4. The Balaban J connectivity index is 1.79. The first-order chi connectivity index (χ1) is 12.4. The van der Waals surface area contributed by atoms with Crippen LogP contribution in [-0.4, -0.2) is 67.7 Å². The van der Waals surface area contributed by atoms with Gasteiger partial charge in [-0.1, -0.05) is 18.2 Å². The molecule has 0 saturated carbocycles. The zero-order chi connectivity index (χ0) is 18.7. The zero-order valence-electron chi connectivity index (χ0n) is 13.7. The molecule has 3 rings (SSSR count). The van der Waals surface area contributed by atoms with Crippen LogP contribution in [0, 0.1) is 0 Å². The molecule has 1 unspecified atom stereocenters. The Bertz CT molecular complexity index is 832. The van der Waals surface area contributed by atoms with Gasteiger partial charge in [-0.05, 0) is 29.3 Å². The molecular formula is C17H17ClN4O4. The first-order valence-corrected chi connectivity index (χ1v) is 8.34. The number of rotatable bonds is 4. The number of carboxylic acids is 1. The Labute approximate surface area is 154 Å². The molecule has 26 heavy (non-hydrogen) atoms. The molecule has 0 radical (unpaired) electrons. The van der Waals surface area contributed by atoms with Crippen LogP contribution in [0.25, 0.3) is 11.3 Å². The van der Waals surface area contributed by atoms with Crippen molar-refractivity contribution in [1.29, 1.82) is 0 Å². The van der Waals surface area contributed by atoms with Crippen LogP contribution in [0.2, 0.25) is 5.28 Å². The molecule has 8 nitrogen and oxygen atoms in total. The summed E-state index contributed by atoms with van der Waals surface area (Å²) in [5.41, 5.74) is 2.44. The molecule has 2 heterocycles. The molecule has 1 atom stereocenters. The first kappa shape index (κ1) is 18.1. The maximum Gasteiger partial charge on any atom is 0.407 e. The summed E-state index contributed by atoms with van der Waals surface area (Å²) in [7, 11) is 0. The topological polar surface area (TPSA) is 107 Å². The van der Waals surface area contributed by atoms with E-state index in [1.807, 2.05) is 24.3 Å². The van der Waals surface area contributed by atoms with Crippen molar-refractivity contribution in [3.63, 3.8) is 0 Å². The number of amides is 1. The van der Waals surface area contributed by atoms with Crippen LogP contribution in [0.3, 0.4) is 0 Å². The first-order valence-electron chi connectivity index (χ1n) is 7.96. The third-order valence-electron chi connectivity index (χ3n) is 4.28. The van der Waals surface area contributed by atoms with E-state index in [0.29, 0.717) is 18.8 Å². The van der Waals surface area contributed by atoms with E-state index in [0.717, 1.165) is 16.0 Å². The number of hydrogen-bond acceptors (Lipinski definition) is 5. The molecule has 9 heteroatoms. The summed E-state index contributed by atoms with van der Waals surface area (Å²) in [6.45, 7) is 0.982. The molecule has 2 aromatic rings. The summed E-state index contributed by atoms with van der Waals surface area (Å²) in [5, 5.41) is 18.7. The van der Waals surface area contributed by atoms with Gasteiger partial charge in [-0.3, -0.25) is 9.69 Å². The van der Waals surface area contributed by atoms with E-state index in [-0.39, 0.29) is 18.4 Å². The fraction of sp³-hybridized carbons (Fsp3) is 0.294. The highest BCUT2D eigenvalue weighted by atomic mass is 35.5. The number of piperazine rings is 1.